The molecular formula is C24H33ClFN2OS+. The number of hydrogen-bond acceptors (Lipinski definition) is 2. The summed E-state index contributed by atoms with van der Waals surface area (Å²) < 4.78 is 16.0. The number of nitrogens with zero attached hydrogens (tertiary/aromatic N) is 2. The first-order valence-corrected chi connectivity index (χ1v) is 12.2. The number of benzene rings is 1. The van der Waals surface area contributed by atoms with Gasteiger partial charge in [-0.05, 0) is 43.9 Å². The van der Waals surface area contributed by atoms with E-state index in [1.807, 2.05) is 0 Å². The van der Waals surface area contributed by atoms with Gasteiger partial charge in [0.1, 0.15) is 5.82 Å². The Balaban J connectivity index is 2.13. The summed E-state index contributed by atoms with van der Waals surface area (Å²) in [5.41, 5.74) is 1.64. The van der Waals surface area contributed by atoms with Crippen LogP contribution in [0.1, 0.15) is 78.2 Å². The molecule has 1 amide bonds. The zero-order valence-corrected chi connectivity index (χ0v) is 20.1. The first kappa shape index (κ1) is 23.2. The molecule has 0 atom stereocenters. The van der Waals surface area contributed by atoms with Crippen molar-refractivity contribution in [2.75, 3.05) is 4.90 Å². The van der Waals surface area contributed by atoms with Crippen molar-refractivity contribution in [3.05, 3.63) is 40.8 Å². The Morgan fingerprint density at radius 2 is 1.97 bits per heavy atom. The SMILES string of the molecule is CCCCc1c[n+](C(C)(C)C)sc1N(C(=O)C1CCCCC1)c1ccc(F)cc1Cl. The molecule has 0 aliphatic heterocycles. The highest BCUT2D eigenvalue weighted by Gasteiger charge is 2.36. The van der Waals surface area contributed by atoms with E-state index < -0.39 is 5.82 Å². The number of carbonyl (C=O) groups is 1. The molecule has 1 heterocycles. The van der Waals surface area contributed by atoms with Crippen molar-refractivity contribution in [2.24, 2.45) is 5.92 Å². The van der Waals surface area contributed by atoms with Gasteiger partial charge < -0.3 is 0 Å². The largest absolute Gasteiger partial charge is 0.274 e. The van der Waals surface area contributed by atoms with Crippen LogP contribution in [0.15, 0.2) is 24.4 Å². The molecule has 3 rings (SSSR count). The summed E-state index contributed by atoms with van der Waals surface area (Å²) in [6, 6.07) is 4.33. The molecule has 1 aromatic carbocycles. The number of halogens is 2. The van der Waals surface area contributed by atoms with Crippen LogP contribution in [0.4, 0.5) is 15.1 Å². The van der Waals surface area contributed by atoms with Crippen LogP contribution >= 0.6 is 23.1 Å². The minimum Gasteiger partial charge on any atom is -0.274 e. The van der Waals surface area contributed by atoms with E-state index in [9.17, 15) is 9.18 Å². The third-order valence-corrected chi connectivity index (χ3v) is 7.49. The molecule has 30 heavy (non-hydrogen) atoms. The highest BCUT2D eigenvalue weighted by molar-refractivity contribution is 7.07. The van der Waals surface area contributed by atoms with E-state index in [0.29, 0.717) is 5.69 Å². The van der Waals surface area contributed by atoms with Crippen molar-refractivity contribution in [1.29, 1.82) is 0 Å². The fraction of sp³-hybridized carbons (Fsp3) is 0.583. The number of anilines is 2. The predicted molar refractivity (Wildman–Crippen MR) is 123 cm³/mol. The average molecular weight is 452 g/mol. The molecule has 1 aliphatic carbocycles. The molecule has 0 spiro atoms. The number of amides is 1. The van der Waals surface area contributed by atoms with Crippen molar-refractivity contribution in [3.8, 4) is 0 Å². The number of aryl methyl sites for hydroxylation is 1. The molecule has 0 bridgehead atoms. The maximum Gasteiger partial charge on any atom is 0.235 e. The van der Waals surface area contributed by atoms with Gasteiger partial charge in [0.2, 0.25) is 5.91 Å². The van der Waals surface area contributed by atoms with E-state index in [0.717, 1.165) is 55.5 Å². The van der Waals surface area contributed by atoms with Gasteiger partial charge in [0, 0.05) is 26.7 Å². The second kappa shape index (κ2) is 9.78. The van der Waals surface area contributed by atoms with Gasteiger partial charge in [-0.15, -0.1) is 3.96 Å². The number of rotatable bonds is 6. The summed E-state index contributed by atoms with van der Waals surface area (Å²) in [5, 5.41) is 1.19. The average Bonchev–Trinajstić information content (AvgIpc) is 3.13. The van der Waals surface area contributed by atoms with Crippen LogP contribution < -0.4 is 8.86 Å². The van der Waals surface area contributed by atoms with E-state index in [-0.39, 0.29) is 22.4 Å². The number of carbonyl (C=O) groups excluding carboxylic acids is 1. The third kappa shape index (κ3) is 5.23. The van der Waals surface area contributed by atoms with Gasteiger partial charge in [0.05, 0.1) is 16.3 Å². The zero-order valence-electron chi connectivity index (χ0n) is 18.5. The Hall–Kier alpha value is -1.46. The van der Waals surface area contributed by atoms with E-state index in [2.05, 4.69) is 37.8 Å². The fourth-order valence-electron chi connectivity index (χ4n) is 3.95. The normalized spacial score (nSPS) is 15.4. The van der Waals surface area contributed by atoms with E-state index >= 15 is 0 Å². The second-order valence-electron chi connectivity index (χ2n) is 9.26. The molecule has 0 radical (unpaired) electrons. The minimum atomic E-state index is -0.393. The molecule has 6 heteroatoms. The third-order valence-electron chi connectivity index (χ3n) is 5.72. The zero-order chi connectivity index (χ0) is 21.9. The summed E-state index contributed by atoms with van der Waals surface area (Å²) >= 11 is 8.07. The van der Waals surface area contributed by atoms with Crippen LogP contribution in [0.3, 0.4) is 0 Å². The highest BCUT2D eigenvalue weighted by Crippen LogP contribution is 2.40. The summed E-state index contributed by atoms with van der Waals surface area (Å²) in [6.45, 7) is 8.66. The molecule has 0 unspecified atom stereocenters. The smallest absolute Gasteiger partial charge is 0.235 e. The van der Waals surface area contributed by atoms with Gasteiger partial charge in [-0.3, -0.25) is 9.69 Å². The van der Waals surface area contributed by atoms with Crippen LogP contribution in [0.5, 0.6) is 0 Å². The lowest BCUT2D eigenvalue weighted by Gasteiger charge is -2.29. The van der Waals surface area contributed by atoms with E-state index in [1.165, 1.54) is 18.6 Å². The Kier molecular flexibility index (Phi) is 7.56. The molecule has 2 aromatic rings. The monoisotopic (exact) mass is 451 g/mol. The second-order valence-corrected chi connectivity index (χ2v) is 10.6. The molecule has 0 saturated heterocycles. The first-order valence-electron chi connectivity index (χ1n) is 11.1. The van der Waals surface area contributed by atoms with Crippen molar-refractivity contribution in [1.82, 2.24) is 0 Å². The number of aromatic nitrogens is 1. The van der Waals surface area contributed by atoms with Gasteiger partial charge in [0.15, 0.2) is 28.3 Å². The van der Waals surface area contributed by atoms with Crippen LogP contribution in [-0.2, 0) is 16.8 Å². The van der Waals surface area contributed by atoms with Gasteiger partial charge in [-0.2, -0.15) is 0 Å². The number of hydrogen-bond donors (Lipinski definition) is 0. The number of unbranched alkanes of at least 4 members (excludes halogenated alkanes) is 1. The van der Waals surface area contributed by atoms with Crippen molar-refractivity contribution in [2.45, 2.75) is 84.6 Å². The van der Waals surface area contributed by atoms with Gasteiger partial charge in [-0.25, -0.2) is 4.39 Å². The van der Waals surface area contributed by atoms with Crippen LogP contribution in [-0.4, -0.2) is 5.91 Å². The summed E-state index contributed by atoms with van der Waals surface area (Å²) in [6.07, 6.45) is 10.4. The van der Waals surface area contributed by atoms with Crippen LogP contribution in [0, 0.1) is 11.7 Å². The summed E-state index contributed by atoms with van der Waals surface area (Å²) in [4.78, 5) is 15.6. The van der Waals surface area contributed by atoms with E-state index in [1.54, 1.807) is 22.5 Å². The lowest BCUT2D eigenvalue weighted by atomic mass is 9.88. The quantitative estimate of drug-likeness (QED) is 0.427. The van der Waals surface area contributed by atoms with Gasteiger partial charge in [-0.1, -0.05) is 44.2 Å². The lowest BCUT2D eigenvalue weighted by molar-refractivity contribution is -0.692. The highest BCUT2D eigenvalue weighted by atomic mass is 35.5. The minimum absolute atomic E-state index is 0.0101. The standard InChI is InChI=1S/C24H33ClFN2OS/c1-5-6-10-18-16-27(24(2,3)4)30-23(18)28(21-14-13-19(26)15-20(21)25)22(29)17-11-8-7-9-12-17/h13-17H,5-12H2,1-4H3/q+1. The Labute approximate surface area is 189 Å². The molecule has 1 aliphatic rings. The topological polar surface area (TPSA) is 24.2 Å². The molecule has 1 aromatic heterocycles. The summed E-state index contributed by atoms with van der Waals surface area (Å²) in [7, 11) is 0. The molecule has 164 valence electrons. The fourth-order valence-corrected chi connectivity index (χ4v) is 5.39. The van der Waals surface area contributed by atoms with Gasteiger partial charge >= 0.3 is 0 Å². The maximum absolute atomic E-state index is 13.8. The van der Waals surface area contributed by atoms with Crippen molar-refractivity contribution >= 4 is 39.7 Å². The Bertz CT molecular complexity index is 884. The predicted octanol–water partition coefficient (Wildman–Crippen LogP) is 7.17. The molecule has 0 N–H and O–H groups in total. The van der Waals surface area contributed by atoms with E-state index in [4.69, 9.17) is 11.6 Å². The first-order chi connectivity index (χ1) is 14.2. The summed E-state index contributed by atoms with van der Waals surface area (Å²) in [5.74, 6) is -0.316. The lowest BCUT2D eigenvalue weighted by Crippen LogP contribution is -2.46. The van der Waals surface area contributed by atoms with Crippen molar-refractivity contribution < 1.29 is 13.1 Å². The molecule has 1 fully saturated rings. The maximum atomic E-state index is 13.8. The molecule has 3 nitrogen and oxygen atoms in total. The van der Waals surface area contributed by atoms with Crippen molar-refractivity contribution in [3.63, 3.8) is 0 Å². The van der Waals surface area contributed by atoms with Gasteiger partial charge in [0.25, 0.3) is 0 Å². The Morgan fingerprint density at radius 1 is 1.27 bits per heavy atom. The molecular weight excluding hydrogens is 419 g/mol. The van der Waals surface area contributed by atoms with Crippen LogP contribution in [0.2, 0.25) is 5.02 Å². The van der Waals surface area contributed by atoms with Crippen LogP contribution in [0.25, 0.3) is 0 Å². The Morgan fingerprint density at radius 3 is 2.57 bits per heavy atom. The molecule has 1 saturated carbocycles.